The number of aromatic nitrogens is 1. The molecule has 12 aromatic rings. The van der Waals surface area contributed by atoms with Crippen LogP contribution in [0.2, 0.25) is 0 Å². The lowest BCUT2D eigenvalue weighted by Crippen LogP contribution is -2.11. The topological polar surface area (TPSA) is 21.3 Å². The molecule has 0 atom stereocenters. The number of hydrogen-bond donors (Lipinski definition) is 0. The molecule has 0 saturated carbocycles. The molecule has 0 N–H and O–H groups in total. The van der Waals surface area contributed by atoms with E-state index in [4.69, 9.17) is 4.42 Å². The zero-order valence-corrected chi connectivity index (χ0v) is 34.4. The molecule has 0 radical (unpaired) electrons. The monoisotopic (exact) mass is 804 g/mol. The predicted molar refractivity (Wildman–Crippen MR) is 264 cm³/mol. The van der Waals surface area contributed by atoms with Crippen LogP contribution in [0.5, 0.6) is 0 Å². The minimum absolute atomic E-state index is 0.895. The minimum Gasteiger partial charge on any atom is -0.455 e. The maximum Gasteiger partial charge on any atom is 0.143 e. The van der Waals surface area contributed by atoms with Crippen LogP contribution in [-0.2, 0) is 0 Å². The summed E-state index contributed by atoms with van der Waals surface area (Å²) in [4.78, 5) is 2.38. The van der Waals surface area contributed by atoms with Crippen molar-refractivity contribution in [2.75, 3.05) is 4.90 Å². The Morgan fingerprint density at radius 1 is 0.333 bits per heavy atom. The van der Waals surface area contributed by atoms with E-state index in [9.17, 15) is 0 Å². The molecular formula is C60H40N2O. The zero-order valence-electron chi connectivity index (χ0n) is 34.4. The van der Waals surface area contributed by atoms with Crippen molar-refractivity contribution in [3.05, 3.63) is 243 Å². The van der Waals surface area contributed by atoms with Crippen molar-refractivity contribution < 1.29 is 4.42 Å². The number of hydrogen-bond acceptors (Lipinski definition) is 2. The van der Waals surface area contributed by atoms with Gasteiger partial charge in [0.1, 0.15) is 11.2 Å². The summed E-state index contributed by atoms with van der Waals surface area (Å²) in [6.07, 6.45) is 0. The Morgan fingerprint density at radius 3 is 1.57 bits per heavy atom. The van der Waals surface area contributed by atoms with Gasteiger partial charge in [0.15, 0.2) is 0 Å². The van der Waals surface area contributed by atoms with E-state index >= 15 is 0 Å². The van der Waals surface area contributed by atoms with Gasteiger partial charge in [-0.2, -0.15) is 0 Å². The Bertz CT molecular complexity index is 3550. The first kappa shape index (κ1) is 36.5. The van der Waals surface area contributed by atoms with E-state index < -0.39 is 0 Å². The van der Waals surface area contributed by atoms with Gasteiger partial charge in [-0.25, -0.2) is 0 Å². The Labute approximate surface area is 366 Å². The number of furan rings is 1. The number of rotatable bonds is 8. The van der Waals surface area contributed by atoms with E-state index in [-0.39, 0.29) is 0 Å². The van der Waals surface area contributed by atoms with Crippen molar-refractivity contribution >= 4 is 60.8 Å². The molecule has 0 aliphatic carbocycles. The van der Waals surface area contributed by atoms with Gasteiger partial charge in [0, 0.05) is 49.7 Å². The SMILES string of the molecule is c1ccc(-c2ccccc2N(c2ccc(-c3cccc(-n4c5ccccc5c5ccccc54)c3)cc2)c2ccc(-c3ccc4c(oc5ccccc54)c3-c3ccccc3)cc2)cc1. The van der Waals surface area contributed by atoms with Crippen LogP contribution in [0, 0.1) is 0 Å². The summed E-state index contributed by atoms with van der Waals surface area (Å²) < 4.78 is 9.01. The molecule has 0 amide bonds. The number of anilines is 3. The molecule has 12 rings (SSSR count). The van der Waals surface area contributed by atoms with Crippen LogP contribution in [0.25, 0.3) is 93.9 Å². The second kappa shape index (κ2) is 15.3. The summed E-state index contributed by atoms with van der Waals surface area (Å²) in [5.41, 5.74) is 17.7. The molecule has 10 aromatic carbocycles. The molecule has 3 heteroatoms. The van der Waals surface area contributed by atoms with Crippen LogP contribution in [0.1, 0.15) is 0 Å². The maximum absolute atomic E-state index is 6.62. The molecule has 296 valence electrons. The van der Waals surface area contributed by atoms with E-state index in [1.54, 1.807) is 0 Å². The quantitative estimate of drug-likeness (QED) is 0.153. The third-order valence-corrected chi connectivity index (χ3v) is 12.4. The van der Waals surface area contributed by atoms with Gasteiger partial charge in [-0.05, 0) is 100 Å². The lowest BCUT2D eigenvalue weighted by atomic mass is 9.92. The number of nitrogens with zero attached hydrogens (tertiary/aromatic N) is 2. The van der Waals surface area contributed by atoms with Crippen molar-refractivity contribution in [3.63, 3.8) is 0 Å². The smallest absolute Gasteiger partial charge is 0.143 e. The fourth-order valence-electron chi connectivity index (χ4n) is 9.50. The van der Waals surface area contributed by atoms with Crippen molar-refractivity contribution in [3.8, 4) is 50.2 Å². The highest BCUT2D eigenvalue weighted by Gasteiger charge is 2.21. The number of fused-ring (bicyclic) bond motifs is 6. The summed E-state index contributed by atoms with van der Waals surface area (Å²) in [5, 5.41) is 4.77. The molecule has 0 spiro atoms. The molecule has 2 aromatic heterocycles. The molecule has 0 aliphatic rings. The molecule has 0 aliphatic heterocycles. The van der Waals surface area contributed by atoms with Gasteiger partial charge in [0.25, 0.3) is 0 Å². The third kappa shape index (κ3) is 6.29. The van der Waals surface area contributed by atoms with Gasteiger partial charge in [-0.3, -0.25) is 0 Å². The summed E-state index contributed by atoms with van der Waals surface area (Å²) in [5.74, 6) is 0. The summed E-state index contributed by atoms with van der Waals surface area (Å²) in [6.45, 7) is 0. The van der Waals surface area contributed by atoms with Crippen LogP contribution in [-0.4, -0.2) is 4.57 Å². The van der Waals surface area contributed by atoms with E-state index in [0.29, 0.717) is 0 Å². The molecule has 3 nitrogen and oxygen atoms in total. The van der Waals surface area contributed by atoms with Crippen LogP contribution in [0.3, 0.4) is 0 Å². The first-order valence-corrected chi connectivity index (χ1v) is 21.5. The first-order chi connectivity index (χ1) is 31.3. The lowest BCUT2D eigenvalue weighted by molar-refractivity contribution is 0.670. The molecule has 0 fully saturated rings. The van der Waals surface area contributed by atoms with Gasteiger partial charge in [-0.15, -0.1) is 0 Å². The number of benzene rings is 10. The van der Waals surface area contributed by atoms with Gasteiger partial charge < -0.3 is 13.9 Å². The van der Waals surface area contributed by atoms with Crippen LogP contribution < -0.4 is 4.90 Å². The van der Waals surface area contributed by atoms with Crippen LogP contribution in [0.4, 0.5) is 17.1 Å². The fraction of sp³-hybridized carbons (Fsp3) is 0. The molecule has 2 heterocycles. The highest BCUT2D eigenvalue weighted by Crippen LogP contribution is 2.45. The summed E-state index contributed by atoms with van der Waals surface area (Å²) in [7, 11) is 0. The lowest BCUT2D eigenvalue weighted by Gasteiger charge is -2.28. The predicted octanol–water partition coefficient (Wildman–Crippen LogP) is 16.8. The van der Waals surface area contributed by atoms with Crippen LogP contribution in [0.15, 0.2) is 247 Å². The molecule has 0 unspecified atom stereocenters. The maximum atomic E-state index is 6.62. The Kier molecular flexibility index (Phi) is 8.83. The van der Waals surface area contributed by atoms with Gasteiger partial charge in [0.2, 0.25) is 0 Å². The minimum atomic E-state index is 0.895. The highest BCUT2D eigenvalue weighted by molar-refractivity contribution is 6.13. The average molecular weight is 805 g/mol. The fourth-order valence-corrected chi connectivity index (χ4v) is 9.50. The van der Waals surface area contributed by atoms with E-state index in [2.05, 4.69) is 246 Å². The molecular weight excluding hydrogens is 765 g/mol. The number of para-hydroxylation sites is 4. The van der Waals surface area contributed by atoms with E-state index in [0.717, 1.165) is 83.6 Å². The second-order valence-electron chi connectivity index (χ2n) is 16.1. The van der Waals surface area contributed by atoms with Crippen LogP contribution >= 0.6 is 0 Å². The summed E-state index contributed by atoms with van der Waals surface area (Å²) in [6, 6.07) is 87.0. The van der Waals surface area contributed by atoms with Crippen molar-refractivity contribution in [1.82, 2.24) is 4.57 Å². The van der Waals surface area contributed by atoms with Gasteiger partial charge in [-0.1, -0.05) is 176 Å². The standard InChI is InChI=1S/C60H40N2O/c1-3-16-42(17-4-1)49-22-7-11-26-55(49)61(46-34-30-41(31-35-46)45-20-15-21-48(40-45)62-56-27-12-8-23-51(56)52-24-9-13-28-57(52)62)47-36-32-43(33-37-47)50-38-39-54-53-25-10-14-29-58(53)63-60(54)59(50)44-18-5-2-6-19-44/h1-40H. The van der Waals surface area contributed by atoms with E-state index in [1.165, 1.54) is 27.4 Å². The van der Waals surface area contributed by atoms with Gasteiger partial charge >= 0.3 is 0 Å². The highest BCUT2D eigenvalue weighted by atomic mass is 16.3. The third-order valence-electron chi connectivity index (χ3n) is 12.4. The van der Waals surface area contributed by atoms with Crippen molar-refractivity contribution in [2.45, 2.75) is 0 Å². The average Bonchev–Trinajstić information content (AvgIpc) is 3.91. The second-order valence-corrected chi connectivity index (χ2v) is 16.1. The zero-order chi connectivity index (χ0) is 41.7. The van der Waals surface area contributed by atoms with E-state index in [1.807, 2.05) is 6.07 Å². The largest absolute Gasteiger partial charge is 0.455 e. The Hall–Kier alpha value is -8.40. The molecule has 0 bridgehead atoms. The van der Waals surface area contributed by atoms with Gasteiger partial charge in [0.05, 0.1) is 16.7 Å². The Morgan fingerprint density at radius 2 is 0.873 bits per heavy atom. The van der Waals surface area contributed by atoms with Crippen molar-refractivity contribution in [1.29, 1.82) is 0 Å². The summed E-state index contributed by atoms with van der Waals surface area (Å²) >= 11 is 0. The van der Waals surface area contributed by atoms with Crippen molar-refractivity contribution in [2.24, 2.45) is 0 Å². The first-order valence-electron chi connectivity index (χ1n) is 21.5. The Balaban J connectivity index is 0.965. The molecule has 0 saturated heterocycles. The normalized spacial score (nSPS) is 11.5. The molecule has 63 heavy (non-hydrogen) atoms.